The number of nitrogens with zero attached hydrogens (tertiary/aromatic N) is 1. The van der Waals surface area contributed by atoms with Gasteiger partial charge in [0.15, 0.2) is 5.96 Å². The van der Waals surface area contributed by atoms with Crippen molar-refractivity contribution in [3.63, 3.8) is 0 Å². The summed E-state index contributed by atoms with van der Waals surface area (Å²) >= 11 is 0. The van der Waals surface area contributed by atoms with Crippen molar-refractivity contribution in [1.29, 1.82) is 0 Å². The van der Waals surface area contributed by atoms with E-state index < -0.39 is 11.6 Å². The number of halogens is 3. The molecule has 0 aliphatic rings. The summed E-state index contributed by atoms with van der Waals surface area (Å²) in [6.07, 6.45) is 0.684. The average Bonchev–Trinajstić information content (AvgIpc) is 3.03. The summed E-state index contributed by atoms with van der Waals surface area (Å²) in [6.45, 7) is 0.749. The number of aliphatic imine (C=N–C) groups is 1. The highest BCUT2D eigenvalue weighted by Gasteiger charge is 2.06. The summed E-state index contributed by atoms with van der Waals surface area (Å²) in [4.78, 5) is 4.08. The first kappa shape index (κ1) is 20.2. The fourth-order valence-electron chi connectivity index (χ4n) is 2.54. The monoisotopic (exact) mass is 471 g/mol. The molecule has 26 heavy (non-hydrogen) atoms. The van der Waals surface area contributed by atoms with Crippen LogP contribution in [0.5, 0.6) is 0 Å². The normalized spacial score (nSPS) is 11.3. The summed E-state index contributed by atoms with van der Waals surface area (Å²) in [5, 5.41) is 7.17. The van der Waals surface area contributed by atoms with Crippen molar-refractivity contribution in [2.24, 2.45) is 4.99 Å². The molecule has 0 aliphatic heterocycles. The number of hydrogen-bond donors (Lipinski definition) is 2. The Balaban J connectivity index is 0.00000243. The fourth-order valence-corrected chi connectivity index (χ4v) is 2.54. The predicted octanol–water partition coefficient (Wildman–Crippen LogP) is 4.24. The smallest absolute Gasteiger partial charge is 0.191 e. The third-order valence-corrected chi connectivity index (χ3v) is 3.82. The van der Waals surface area contributed by atoms with Crippen LogP contribution in [0.15, 0.2) is 57.9 Å². The highest BCUT2D eigenvalue weighted by atomic mass is 127. The van der Waals surface area contributed by atoms with Gasteiger partial charge in [-0.25, -0.2) is 8.78 Å². The van der Waals surface area contributed by atoms with Gasteiger partial charge in [0, 0.05) is 37.5 Å². The second-order valence-corrected chi connectivity index (χ2v) is 5.59. The molecule has 2 aromatic carbocycles. The molecule has 2 N–H and O–H groups in total. The minimum Gasteiger partial charge on any atom is -0.461 e. The van der Waals surface area contributed by atoms with Crippen LogP contribution < -0.4 is 10.6 Å². The first-order valence-electron chi connectivity index (χ1n) is 8.01. The van der Waals surface area contributed by atoms with Crippen molar-refractivity contribution in [1.82, 2.24) is 10.6 Å². The maximum absolute atomic E-state index is 13.6. The van der Waals surface area contributed by atoms with Gasteiger partial charge < -0.3 is 15.1 Å². The molecule has 0 aliphatic carbocycles. The molecule has 0 amide bonds. The average molecular weight is 471 g/mol. The molecule has 0 unspecified atom stereocenters. The van der Waals surface area contributed by atoms with Crippen LogP contribution in [0.1, 0.15) is 11.3 Å². The van der Waals surface area contributed by atoms with E-state index in [2.05, 4.69) is 15.6 Å². The molecule has 0 saturated heterocycles. The number of rotatable bonds is 5. The molecule has 1 aromatic heterocycles. The van der Waals surface area contributed by atoms with Crippen LogP contribution in [0.4, 0.5) is 8.78 Å². The van der Waals surface area contributed by atoms with Crippen LogP contribution >= 0.6 is 24.0 Å². The van der Waals surface area contributed by atoms with Crippen LogP contribution in [-0.4, -0.2) is 19.6 Å². The molecular weight excluding hydrogens is 451 g/mol. The van der Waals surface area contributed by atoms with E-state index in [-0.39, 0.29) is 36.1 Å². The molecule has 7 heteroatoms. The van der Waals surface area contributed by atoms with Crippen LogP contribution in [0.25, 0.3) is 11.0 Å². The summed E-state index contributed by atoms with van der Waals surface area (Å²) in [5.41, 5.74) is 1.11. The van der Waals surface area contributed by atoms with E-state index in [0.29, 0.717) is 18.9 Å². The van der Waals surface area contributed by atoms with E-state index in [1.165, 1.54) is 6.07 Å². The number of guanidine groups is 1. The molecule has 3 rings (SSSR count). The quantitative estimate of drug-likeness (QED) is 0.333. The lowest BCUT2D eigenvalue weighted by atomic mass is 10.2. The molecule has 0 spiro atoms. The summed E-state index contributed by atoms with van der Waals surface area (Å²) in [5.74, 6) is 0.470. The highest BCUT2D eigenvalue weighted by molar-refractivity contribution is 14.0. The molecule has 4 nitrogen and oxygen atoms in total. The lowest BCUT2D eigenvalue weighted by molar-refractivity contribution is 0.544. The van der Waals surface area contributed by atoms with Crippen molar-refractivity contribution in [2.45, 2.75) is 13.0 Å². The van der Waals surface area contributed by atoms with Gasteiger partial charge in [0.05, 0.1) is 0 Å². The number of hydrogen-bond acceptors (Lipinski definition) is 2. The van der Waals surface area contributed by atoms with Gasteiger partial charge in [-0.05, 0) is 30.3 Å². The number of fused-ring (bicyclic) bond motifs is 1. The molecule has 0 saturated carbocycles. The van der Waals surface area contributed by atoms with Crippen molar-refractivity contribution >= 4 is 40.9 Å². The molecule has 0 fully saturated rings. The summed E-state index contributed by atoms with van der Waals surface area (Å²) in [6, 6.07) is 13.2. The molecule has 138 valence electrons. The Bertz CT molecular complexity index is 862. The minimum atomic E-state index is -0.467. The minimum absolute atomic E-state index is 0. The maximum Gasteiger partial charge on any atom is 0.191 e. The highest BCUT2D eigenvalue weighted by Crippen LogP contribution is 2.18. The Hall–Kier alpha value is -2.16. The topological polar surface area (TPSA) is 49.6 Å². The van der Waals surface area contributed by atoms with Crippen molar-refractivity contribution in [3.05, 3.63) is 71.5 Å². The Morgan fingerprint density at radius 1 is 1.08 bits per heavy atom. The van der Waals surface area contributed by atoms with E-state index in [0.717, 1.165) is 28.9 Å². The van der Waals surface area contributed by atoms with Gasteiger partial charge in [-0.15, -0.1) is 24.0 Å². The molecule has 0 radical (unpaired) electrons. The standard InChI is InChI=1S/C19H19F2N3O.HI/c1-22-19(24-12-14-10-15(20)6-7-17(14)21)23-9-8-16-11-13-4-2-3-5-18(13)25-16;/h2-7,10-11H,8-9,12H2,1H3,(H2,22,23,24);1H. The second-order valence-electron chi connectivity index (χ2n) is 5.59. The van der Waals surface area contributed by atoms with E-state index in [4.69, 9.17) is 4.42 Å². The Kier molecular flexibility index (Phi) is 7.38. The third-order valence-electron chi connectivity index (χ3n) is 3.82. The summed E-state index contributed by atoms with van der Waals surface area (Å²) < 4.78 is 32.6. The number of para-hydroxylation sites is 1. The molecule has 0 bridgehead atoms. The maximum atomic E-state index is 13.6. The SMILES string of the molecule is CN=C(NCCc1cc2ccccc2o1)NCc1cc(F)ccc1F.I. The van der Waals surface area contributed by atoms with Gasteiger partial charge in [-0.3, -0.25) is 4.99 Å². The Labute approximate surface area is 167 Å². The number of furan rings is 1. The second kappa shape index (κ2) is 9.51. The molecule has 1 heterocycles. The summed E-state index contributed by atoms with van der Waals surface area (Å²) in [7, 11) is 1.62. The van der Waals surface area contributed by atoms with Gasteiger partial charge in [0.2, 0.25) is 0 Å². The van der Waals surface area contributed by atoms with E-state index in [1.54, 1.807) is 7.05 Å². The van der Waals surface area contributed by atoms with Crippen molar-refractivity contribution < 1.29 is 13.2 Å². The lowest BCUT2D eigenvalue weighted by Crippen LogP contribution is -2.38. The molecular formula is C19H20F2IN3O. The van der Waals surface area contributed by atoms with E-state index >= 15 is 0 Å². The lowest BCUT2D eigenvalue weighted by Gasteiger charge is -2.12. The Morgan fingerprint density at radius 2 is 1.88 bits per heavy atom. The zero-order chi connectivity index (χ0) is 17.6. The van der Waals surface area contributed by atoms with Gasteiger partial charge in [0.1, 0.15) is 23.0 Å². The zero-order valence-electron chi connectivity index (χ0n) is 14.3. The first-order chi connectivity index (χ1) is 12.2. The van der Waals surface area contributed by atoms with Crippen molar-refractivity contribution in [3.8, 4) is 0 Å². The number of benzene rings is 2. The molecule has 3 aromatic rings. The number of nitrogens with one attached hydrogen (secondary N) is 2. The van der Waals surface area contributed by atoms with E-state index in [1.807, 2.05) is 30.3 Å². The largest absolute Gasteiger partial charge is 0.461 e. The molecule has 0 atom stereocenters. The van der Waals surface area contributed by atoms with Gasteiger partial charge in [-0.2, -0.15) is 0 Å². The third kappa shape index (κ3) is 5.17. The fraction of sp³-hybridized carbons (Fsp3) is 0.211. The van der Waals surface area contributed by atoms with Crippen molar-refractivity contribution in [2.75, 3.05) is 13.6 Å². The van der Waals surface area contributed by atoms with Crippen LogP contribution in [-0.2, 0) is 13.0 Å². The van der Waals surface area contributed by atoms with Crippen LogP contribution in [0.2, 0.25) is 0 Å². The predicted molar refractivity (Wildman–Crippen MR) is 110 cm³/mol. The van der Waals surface area contributed by atoms with Gasteiger partial charge >= 0.3 is 0 Å². The Morgan fingerprint density at radius 3 is 2.65 bits per heavy atom. The zero-order valence-corrected chi connectivity index (χ0v) is 16.6. The van der Waals surface area contributed by atoms with Crippen LogP contribution in [0, 0.1) is 11.6 Å². The van der Waals surface area contributed by atoms with E-state index in [9.17, 15) is 8.78 Å². The first-order valence-corrected chi connectivity index (χ1v) is 8.01. The van der Waals surface area contributed by atoms with Gasteiger partial charge in [0.25, 0.3) is 0 Å². The van der Waals surface area contributed by atoms with Crippen LogP contribution in [0.3, 0.4) is 0 Å². The van der Waals surface area contributed by atoms with Gasteiger partial charge in [-0.1, -0.05) is 18.2 Å².